The molecule has 1 amide bonds. The topological polar surface area (TPSA) is 110 Å². The first kappa shape index (κ1) is 20.1. The molecule has 4 N–H and O–H groups in total. The van der Waals surface area contributed by atoms with Gasteiger partial charge in [0, 0.05) is 18.7 Å². The Bertz CT molecular complexity index is 497. The van der Waals surface area contributed by atoms with Gasteiger partial charge in [-0.05, 0) is 18.4 Å². The minimum atomic E-state index is -0.484. The summed E-state index contributed by atoms with van der Waals surface area (Å²) in [6.45, 7) is 4.45. The number of nitrogens with one attached hydrogen (secondary N) is 2. The number of nitro groups is 1. The highest BCUT2D eigenvalue weighted by Crippen LogP contribution is 2.22. The summed E-state index contributed by atoms with van der Waals surface area (Å²) in [5, 5.41) is 16.5. The van der Waals surface area contributed by atoms with Crippen LogP contribution in [-0.2, 0) is 4.79 Å². The van der Waals surface area contributed by atoms with Gasteiger partial charge in [-0.1, -0.05) is 26.0 Å². The lowest BCUT2D eigenvalue weighted by Crippen LogP contribution is -2.43. The third-order valence-corrected chi connectivity index (χ3v) is 2.95. The van der Waals surface area contributed by atoms with E-state index in [9.17, 15) is 14.9 Å². The second kappa shape index (κ2) is 9.97. The number of nitrogens with zero attached hydrogens (tertiary/aromatic N) is 1. The van der Waals surface area contributed by atoms with Crippen molar-refractivity contribution in [1.29, 1.82) is 0 Å². The number of carbonyl (C=O) groups is 1. The van der Waals surface area contributed by atoms with Crippen LogP contribution >= 0.6 is 12.4 Å². The number of nitro benzene ring substituents is 1. The smallest absolute Gasteiger partial charge is 0.292 e. The Kier molecular flexibility index (Phi) is 9.12. The zero-order valence-corrected chi connectivity index (χ0v) is 13.6. The molecule has 0 radical (unpaired) electrons. The zero-order valence-electron chi connectivity index (χ0n) is 12.7. The monoisotopic (exact) mass is 330 g/mol. The van der Waals surface area contributed by atoms with Crippen molar-refractivity contribution in [2.75, 3.05) is 18.4 Å². The van der Waals surface area contributed by atoms with Crippen LogP contribution in [0.25, 0.3) is 0 Å². The zero-order chi connectivity index (χ0) is 15.8. The molecule has 124 valence electrons. The molecule has 0 aromatic heterocycles. The van der Waals surface area contributed by atoms with E-state index in [4.69, 9.17) is 5.73 Å². The lowest BCUT2D eigenvalue weighted by Gasteiger charge is -2.19. The van der Waals surface area contributed by atoms with Gasteiger partial charge >= 0.3 is 0 Å². The van der Waals surface area contributed by atoms with Crippen molar-refractivity contribution < 1.29 is 9.72 Å². The van der Waals surface area contributed by atoms with Gasteiger partial charge < -0.3 is 16.4 Å². The number of benzene rings is 1. The van der Waals surface area contributed by atoms with Crippen LogP contribution in [0.2, 0.25) is 0 Å². The van der Waals surface area contributed by atoms with Crippen LogP contribution in [0.5, 0.6) is 0 Å². The summed E-state index contributed by atoms with van der Waals surface area (Å²) in [5.74, 6) is 0.200. The van der Waals surface area contributed by atoms with Crippen molar-refractivity contribution in [2.24, 2.45) is 11.7 Å². The number of carbonyl (C=O) groups excluding carboxylic acids is 1. The van der Waals surface area contributed by atoms with Gasteiger partial charge in [0.15, 0.2) is 0 Å². The van der Waals surface area contributed by atoms with Gasteiger partial charge in [0.25, 0.3) is 5.69 Å². The van der Waals surface area contributed by atoms with Crippen molar-refractivity contribution >= 4 is 29.7 Å². The summed E-state index contributed by atoms with van der Waals surface area (Å²) < 4.78 is 0. The Morgan fingerprint density at radius 3 is 2.55 bits per heavy atom. The first-order valence-electron chi connectivity index (χ1n) is 6.90. The fourth-order valence-corrected chi connectivity index (χ4v) is 2.02. The summed E-state index contributed by atoms with van der Waals surface area (Å²) in [7, 11) is 0. The molecular formula is C14H23ClN4O3. The van der Waals surface area contributed by atoms with Crippen LogP contribution in [0.4, 0.5) is 11.4 Å². The van der Waals surface area contributed by atoms with Gasteiger partial charge in [-0.2, -0.15) is 0 Å². The first-order valence-corrected chi connectivity index (χ1v) is 6.90. The Morgan fingerprint density at radius 2 is 2.00 bits per heavy atom. The van der Waals surface area contributed by atoms with E-state index in [1.807, 2.05) is 0 Å². The Balaban J connectivity index is 0.00000441. The predicted molar refractivity (Wildman–Crippen MR) is 89.3 cm³/mol. The fourth-order valence-electron chi connectivity index (χ4n) is 2.02. The Morgan fingerprint density at radius 1 is 1.36 bits per heavy atom. The lowest BCUT2D eigenvalue weighted by molar-refractivity contribution is -0.383. The molecule has 8 heteroatoms. The SMILES string of the molecule is CC(C)CC(CN)NC(=O)CNc1ccccc1[N+](=O)[O-].Cl. The van der Waals surface area contributed by atoms with E-state index in [1.54, 1.807) is 18.2 Å². The van der Waals surface area contributed by atoms with E-state index in [-0.39, 0.29) is 36.6 Å². The average molecular weight is 331 g/mol. The van der Waals surface area contributed by atoms with E-state index >= 15 is 0 Å². The number of nitrogens with two attached hydrogens (primary N) is 1. The summed E-state index contributed by atoms with van der Waals surface area (Å²) in [4.78, 5) is 22.2. The lowest BCUT2D eigenvalue weighted by atomic mass is 10.0. The molecule has 0 heterocycles. The van der Waals surface area contributed by atoms with Gasteiger partial charge in [-0.25, -0.2) is 0 Å². The molecule has 1 rings (SSSR count). The van der Waals surface area contributed by atoms with Gasteiger partial charge in [-0.15, -0.1) is 12.4 Å². The molecule has 0 aliphatic rings. The van der Waals surface area contributed by atoms with Crippen molar-refractivity contribution in [1.82, 2.24) is 5.32 Å². The van der Waals surface area contributed by atoms with Gasteiger partial charge in [0.1, 0.15) is 5.69 Å². The van der Waals surface area contributed by atoms with Gasteiger partial charge in [0.05, 0.1) is 11.5 Å². The minimum absolute atomic E-state index is 0. The quantitative estimate of drug-likeness (QED) is 0.498. The Hall–Kier alpha value is -1.86. The van der Waals surface area contributed by atoms with Crippen LogP contribution in [-0.4, -0.2) is 30.0 Å². The number of hydrogen-bond donors (Lipinski definition) is 3. The van der Waals surface area contributed by atoms with Crippen molar-refractivity contribution in [3.63, 3.8) is 0 Å². The average Bonchev–Trinajstić information content (AvgIpc) is 2.44. The van der Waals surface area contributed by atoms with Crippen LogP contribution in [0, 0.1) is 16.0 Å². The number of halogens is 1. The maximum atomic E-state index is 11.8. The Labute approximate surface area is 136 Å². The maximum absolute atomic E-state index is 11.8. The summed E-state index contributed by atoms with van der Waals surface area (Å²) in [5.41, 5.74) is 5.89. The van der Waals surface area contributed by atoms with E-state index in [0.717, 1.165) is 6.42 Å². The first-order chi connectivity index (χ1) is 9.93. The largest absolute Gasteiger partial charge is 0.371 e. The van der Waals surface area contributed by atoms with Crippen LogP contribution < -0.4 is 16.4 Å². The molecule has 1 atom stereocenters. The summed E-state index contributed by atoms with van der Waals surface area (Å²) in [6.07, 6.45) is 0.799. The summed E-state index contributed by atoms with van der Waals surface area (Å²) >= 11 is 0. The molecule has 0 saturated heterocycles. The molecule has 0 aliphatic carbocycles. The third-order valence-electron chi connectivity index (χ3n) is 2.95. The molecule has 0 saturated carbocycles. The van der Waals surface area contributed by atoms with E-state index in [1.165, 1.54) is 6.07 Å². The van der Waals surface area contributed by atoms with Crippen LogP contribution in [0.15, 0.2) is 24.3 Å². The molecular weight excluding hydrogens is 308 g/mol. The standard InChI is InChI=1S/C14H22N4O3.ClH/c1-10(2)7-11(8-15)17-14(19)9-16-12-5-3-4-6-13(12)18(20)21;/h3-6,10-11,16H,7-9,15H2,1-2H3,(H,17,19);1H. The minimum Gasteiger partial charge on any atom is -0.371 e. The molecule has 0 bridgehead atoms. The fraction of sp³-hybridized carbons (Fsp3) is 0.500. The number of anilines is 1. The molecule has 7 nitrogen and oxygen atoms in total. The van der Waals surface area contributed by atoms with Crippen LogP contribution in [0.3, 0.4) is 0 Å². The van der Waals surface area contributed by atoms with E-state index in [0.29, 0.717) is 18.2 Å². The number of rotatable bonds is 8. The molecule has 0 aliphatic heterocycles. The van der Waals surface area contributed by atoms with Gasteiger partial charge in [0.2, 0.25) is 5.91 Å². The maximum Gasteiger partial charge on any atom is 0.292 e. The van der Waals surface area contributed by atoms with Gasteiger partial charge in [-0.3, -0.25) is 14.9 Å². The normalized spacial score (nSPS) is 11.5. The number of para-hydroxylation sites is 2. The van der Waals surface area contributed by atoms with Crippen molar-refractivity contribution in [3.05, 3.63) is 34.4 Å². The molecule has 0 spiro atoms. The molecule has 0 fully saturated rings. The van der Waals surface area contributed by atoms with Crippen molar-refractivity contribution in [2.45, 2.75) is 26.3 Å². The summed E-state index contributed by atoms with van der Waals surface area (Å²) in [6, 6.07) is 6.14. The van der Waals surface area contributed by atoms with E-state index in [2.05, 4.69) is 24.5 Å². The highest BCUT2D eigenvalue weighted by molar-refractivity contribution is 5.85. The highest BCUT2D eigenvalue weighted by Gasteiger charge is 2.15. The molecule has 1 unspecified atom stereocenters. The molecule has 1 aromatic carbocycles. The predicted octanol–water partition coefficient (Wildman–Crippen LogP) is 1.92. The number of hydrogen-bond acceptors (Lipinski definition) is 5. The second-order valence-electron chi connectivity index (χ2n) is 5.26. The second-order valence-corrected chi connectivity index (χ2v) is 5.26. The molecule has 22 heavy (non-hydrogen) atoms. The van der Waals surface area contributed by atoms with Crippen molar-refractivity contribution in [3.8, 4) is 0 Å². The molecule has 1 aromatic rings. The van der Waals surface area contributed by atoms with E-state index < -0.39 is 4.92 Å². The third kappa shape index (κ3) is 6.73. The van der Waals surface area contributed by atoms with Crippen LogP contribution in [0.1, 0.15) is 20.3 Å². The highest BCUT2D eigenvalue weighted by atomic mass is 35.5. The number of amides is 1.